The first-order valence-corrected chi connectivity index (χ1v) is 3.39. The van der Waals surface area contributed by atoms with E-state index in [9.17, 15) is 14.4 Å². The Hall–Kier alpha value is -1.07. The molecule has 1 heterocycles. The van der Waals surface area contributed by atoms with E-state index in [4.69, 9.17) is 28.3 Å². The molecule has 0 aromatic heterocycles. The van der Waals surface area contributed by atoms with E-state index in [0.29, 0.717) is 0 Å². The molecule has 7 heteroatoms. The van der Waals surface area contributed by atoms with Gasteiger partial charge in [-0.1, -0.05) is 23.2 Å². The Bertz CT molecular complexity index is 297. The molecule has 0 spiro atoms. The maximum Gasteiger partial charge on any atom is 0.421 e. The summed E-state index contributed by atoms with van der Waals surface area (Å²) in [6, 6.07) is 0. The maximum absolute atomic E-state index is 10.8. The zero-order valence-electron chi connectivity index (χ0n) is 5.38. The summed E-state index contributed by atoms with van der Waals surface area (Å²) in [4.78, 5) is 31.8. The molecule has 0 aliphatic carbocycles. The van der Waals surface area contributed by atoms with E-state index in [1.165, 1.54) is 0 Å². The van der Waals surface area contributed by atoms with Gasteiger partial charge >= 0.3 is 6.09 Å². The standard InChI is InChI=1S/C5HCl2NO4/c6-1-2(7)4(10)8(3(1)9)5(11)12/h(H,11,12). The molecule has 1 rings (SSSR count). The third kappa shape index (κ3) is 1.07. The van der Waals surface area contributed by atoms with Crippen molar-refractivity contribution >= 4 is 41.1 Å². The van der Waals surface area contributed by atoms with E-state index in [2.05, 4.69) is 0 Å². The smallest absolute Gasteiger partial charge is 0.421 e. The average molecular weight is 210 g/mol. The molecule has 0 aromatic carbocycles. The summed E-state index contributed by atoms with van der Waals surface area (Å²) in [7, 11) is 0. The summed E-state index contributed by atoms with van der Waals surface area (Å²) in [5.74, 6) is -2.22. The molecule has 0 fully saturated rings. The Morgan fingerprint density at radius 3 is 1.67 bits per heavy atom. The zero-order valence-corrected chi connectivity index (χ0v) is 6.89. The van der Waals surface area contributed by atoms with Crippen molar-refractivity contribution in [3.63, 3.8) is 0 Å². The van der Waals surface area contributed by atoms with Crippen molar-refractivity contribution in [2.75, 3.05) is 0 Å². The molecule has 0 aromatic rings. The topological polar surface area (TPSA) is 74.7 Å². The van der Waals surface area contributed by atoms with Crippen molar-refractivity contribution < 1.29 is 19.5 Å². The molecular weight excluding hydrogens is 209 g/mol. The van der Waals surface area contributed by atoms with Gasteiger partial charge in [-0.3, -0.25) is 9.59 Å². The van der Waals surface area contributed by atoms with Crippen LogP contribution in [0.15, 0.2) is 10.1 Å². The molecule has 0 bridgehead atoms. The number of carboxylic acid groups (broad SMARTS) is 1. The highest BCUT2D eigenvalue weighted by molar-refractivity contribution is 6.59. The molecule has 5 nitrogen and oxygen atoms in total. The number of nitrogens with zero attached hydrogens (tertiary/aromatic N) is 1. The summed E-state index contributed by atoms with van der Waals surface area (Å²) >= 11 is 10.4. The van der Waals surface area contributed by atoms with Crippen molar-refractivity contribution in [3.8, 4) is 0 Å². The summed E-state index contributed by atoms with van der Waals surface area (Å²) in [5, 5.41) is 7.20. The largest absolute Gasteiger partial charge is 0.464 e. The van der Waals surface area contributed by atoms with Crippen molar-refractivity contribution in [1.29, 1.82) is 0 Å². The Morgan fingerprint density at radius 2 is 1.50 bits per heavy atom. The first kappa shape index (κ1) is 9.02. The zero-order chi connectivity index (χ0) is 9.46. The highest BCUT2D eigenvalue weighted by Gasteiger charge is 2.41. The molecule has 1 aliphatic heterocycles. The molecule has 64 valence electrons. The van der Waals surface area contributed by atoms with Crippen LogP contribution in [0.1, 0.15) is 0 Å². The van der Waals surface area contributed by atoms with Crippen LogP contribution in [-0.2, 0) is 9.59 Å². The van der Waals surface area contributed by atoms with Crippen LogP contribution in [0.3, 0.4) is 0 Å². The number of hydrogen-bond donors (Lipinski definition) is 1. The second-order valence-electron chi connectivity index (χ2n) is 1.86. The van der Waals surface area contributed by atoms with Crippen LogP contribution in [-0.4, -0.2) is 27.9 Å². The number of carbonyl (C=O) groups is 3. The number of amides is 3. The average Bonchev–Trinajstić information content (AvgIpc) is 2.16. The molecule has 12 heavy (non-hydrogen) atoms. The SMILES string of the molecule is O=C(O)N1C(=O)C(Cl)=C(Cl)C1=O. The lowest BCUT2D eigenvalue weighted by Gasteiger charge is -2.04. The molecule has 1 aliphatic rings. The molecular formula is C5HCl2NO4. The minimum Gasteiger partial charge on any atom is -0.464 e. The number of carbonyl (C=O) groups excluding carboxylic acids is 2. The van der Waals surface area contributed by atoms with E-state index in [-0.39, 0.29) is 4.90 Å². The van der Waals surface area contributed by atoms with Gasteiger partial charge in [-0.15, -0.1) is 0 Å². The molecule has 0 atom stereocenters. The molecule has 0 saturated carbocycles. The molecule has 1 N–H and O–H groups in total. The summed E-state index contributed by atoms with van der Waals surface area (Å²) in [6.07, 6.45) is -1.70. The first-order valence-electron chi connectivity index (χ1n) is 2.63. The Morgan fingerprint density at radius 1 is 1.17 bits per heavy atom. The number of hydrogen-bond acceptors (Lipinski definition) is 3. The van der Waals surface area contributed by atoms with Gasteiger partial charge in [0.05, 0.1) is 0 Å². The number of rotatable bonds is 0. The van der Waals surface area contributed by atoms with Crippen LogP contribution < -0.4 is 0 Å². The maximum atomic E-state index is 10.8. The van der Waals surface area contributed by atoms with Gasteiger partial charge in [0.2, 0.25) is 0 Å². The Labute approximate surface area is 76.1 Å². The van der Waals surface area contributed by atoms with Crippen LogP contribution >= 0.6 is 23.2 Å². The number of imide groups is 3. The number of halogens is 2. The van der Waals surface area contributed by atoms with Crippen molar-refractivity contribution in [2.45, 2.75) is 0 Å². The summed E-state index contributed by atoms with van der Waals surface area (Å²) in [5.41, 5.74) is 0. The lowest BCUT2D eigenvalue weighted by molar-refractivity contribution is -0.134. The van der Waals surface area contributed by atoms with E-state index >= 15 is 0 Å². The normalized spacial score (nSPS) is 17.7. The third-order valence-electron chi connectivity index (χ3n) is 1.17. The second-order valence-corrected chi connectivity index (χ2v) is 2.61. The van der Waals surface area contributed by atoms with E-state index in [1.807, 2.05) is 0 Å². The monoisotopic (exact) mass is 209 g/mol. The molecule has 0 radical (unpaired) electrons. The summed E-state index contributed by atoms with van der Waals surface area (Å²) in [6.45, 7) is 0. The summed E-state index contributed by atoms with van der Waals surface area (Å²) < 4.78 is 0. The van der Waals surface area contributed by atoms with Crippen LogP contribution in [0.25, 0.3) is 0 Å². The van der Waals surface area contributed by atoms with Crippen LogP contribution in [0, 0.1) is 0 Å². The van der Waals surface area contributed by atoms with Crippen LogP contribution in [0.2, 0.25) is 0 Å². The quantitative estimate of drug-likeness (QED) is 0.597. The fourth-order valence-electron chi connectivity index (χ4n) is 0.650. The minimum atomic E-state index is -1.70. The van der Waals surface area contributed by atoms with E-state index < -0.39 is 28.0 Å². The van der Waals surface area contributed by atoms with Gasteiger partial charge in [-0.05, 0) is 0 Å². The van der Waals surface area contributed by atoms with Crippen molar-refractivity contribution in [3.05, 3.63) is 10.1 Å². The van der Waals surface area contributed by atoms with Gasteiger partial charge in [0.15, 0.2) is 0 Å². The minimum absolute atomic E-state index is 0.0509. The molecule has 0 saturated heterocycles. The van der Waals surface area contributed by atoms with Gasteiger partial charge in [0.25, 0.3) is 11.8 Å². The lowest BCUT2D eigenvalue weighted by atomic mass is 10.5. The van der Waals surface area contributed by atoms with Gasteiger partial charge in [0.1, 0.15) is 10.1 Å². The van der Waals surface area contributed by atoms with Crippen molar-refractivity contribution in [1.82, 2.24) is 4.90 Å². The lowest BCUT2D eigenvalue weighted by Crippen LogP contribution is -2.35. The Kier molecular flexibility index (Phi) is 2.08. The van der Waals surface area contributed by atoms with Gasteiger partial charge < -0.3 is 5.11 Å². The van der Waals surface area contributed by atoms with Gasteiger partial charge in [-0.2, -0.15) is 4.90 Å². The van der Waals surface area contributed by atoms with Crippen molar-refractivity contribution in [2.24, 2.45) is 0 Å². The van der Waals surface area contributed by atoms with Crippen LogP contribution in [0.4, 0.5) is 4.79 Å². The van der Waals surface area contributed by atoms with Gasteiger partial charge in [-0.25, -0.2) is 4.79 Å². The van der Waals surface area contributed by atoms with E-state index in [1.54, 1.807) is 0 Å². The van der Waals surface area contributed by atoms with Gasteiger partial charge in [0, 0.05) is 0 Å². The van der Waals surface area contributed by atoms with E-state index in [0.717, 1.165) is 0 Å². The second kappa shape index (κ2) is 2.76. The fourth-order valence-corrected chi connectivity index (χ4v) is 0.981. The van der Waals surface area contributed by atoms with Crippen LogP contribution in [0.5, 0.6) is 0 Å². The first-order chi connectivity index (χ1) is 5.46. The molecule has 3 amide bonds. The fraction of sp³-hybridized carbons (Fsp3) is 0. The third-order valence-corrected chi connectivity index (χ3v) is 1.96. The predicted octanol–water partition coefficient (Wildman–Crippen LogP) is 0.722. The Balaban J connectivity index is 3.12. The highest BCUT2D eigenvalue weighted by Crippen LogP contribution is 2.26. The highest BCUT2D eigenvalue weighted by atomic mass is 35.5. The predicted molar refractivity (Wildman–Crippen MR) is 38.6 cm³/mol. The molecule has 0 unspecified atom stereocenters.